The number of nitrogens with zero attached hydrogens (tertiary/aromatic N) is 5. The summed E-state index contributed by atoms with van der Waals surface area (Å²) in [5.74, 6) is 0. The van der Waals surface area contributed by atoms with Crippen molar-refractivity contribution in [1.29, 1.82) is 0 Å². The van der Waals surface area contributed by atoms with Gasteiger partial charge in [-0.05, 0) is 20.0 Å². The quantitative estimate of drug-likeness (QED) is 0.702. The Kier molecular flexibility index (Phi) is 4.60. The van der Waals surface area contributed by atoms with E-state index in [9.17, 15) is 0 Å². The molecule has 0 saturated heterocycles. The topological polar surface area (TPSA) is 46.8 Å². The van der Waals surface area contributed by atoms with Crippen LogP contribution in [-0.2, 0) is 19.6 Å². The first-order valence-corrected chi connectivity index (χ1v) is 8.15. The lowest BCUT2D eigenvalue weighted by Gasteiger charge is -2.15. The highest BCUT2D eigenvalue weighted by molar-refractivity contribution is 7.14. The average Bonchev–Trinajstić information content (AvgIpc) is 3.17. The van der Waals surface area contributed by atoms with E-state index in [1.54, 1.807) is 11.3 Å². The van der Waals surface area contributed by atoms with Gasteiger partial charge in [-0.15, -0.1) is 10.2 Å². The van der Waals surface area contributed by atoms with E-state index < -0.39 is 0 Å². The molecule has 0 aliphatic carbocycles. The predicted molar refractivity (Wildman–Crippen MR) is 88.4 cm³/mol. The maximum Gasteiger partial charge on any atom is 0.147 e. The van der Waals surface area contributed by atoms with Crippen LogP contribution in [0, 0.1) is 0 Å². The summed E-state index contributed by atoms with van der Waals surface area (Å²) in [6.07, 6.45) is 1.85. The van der Waals surface area contributed by atoms with Crippen molar-refractivity contribution in [2.24, 2.45) is 0 Å². The fourth-order valence-electron chi connectivity index (χ4n) is 2.36. The normalized spacial score (nSPS) is 11.2. The molecule has 0 N–H and O–H groups in total. The van der Waals surface area contributed by atoms with E-state index in [0.29, 0.717) is 0 Å². The Bertz CT molecular complexity index is 719. The Morgan fingerprint density at radius 1 is 1.09 bits per heavy atom. The molecule has 114 valence electrons. The highest BCUT2D eigenvalue weighted by Crippen LogP contribution is 2.23. The zero-order valence-corrected chi connectivity index (χ0v) is 13.6. The standard InChI is InChI=1S/C16H19N5S/c1-3-21-14(9-10-17-21)11-20(2)12-15-18-19-16(22-15)13-7-5-4-6-8-13/h4-10H,3,11-12H2,1-2H3. The molecule has 0 unspecified atom stereocenters. The lowest BCUT2D eigenvalue weighted by atomic mass is 10.2. The van der Waals surface area contributed by atoms with E-state index >= 15 is 0 Å². The SMILES string of the molecule is CCn1nccc1CN(C)Cc1nnc(-c2ccccc2)s1. The molecule has 22 heavy (non-hydrogen) atoms. The van der Waals surface area contributed by atoms with Crippen LogP contribution in [0.3, 0.4) is 0 Å². The summed E-state index contributed by atoms with van der Waals surface area (Å²) in [6.45, 7) is 4.65. The third kappa shape index (κ3) is 3.40. The van der Waals surface area contributed by atoms with Crippen molar-refractivity contribution >= 4 is 11.3 Å². The van der Waals surface area contributed by atoms with Gasteiger partial charge in [0.05, 0.1) is 12.2 Å². The largest absolute Gasteiger partial charge is 0.294 e. The second kappa shape index (κ2) is 6.81. The van der Waals surface area contributed by atoms with Crippen LogP contribution in [-0.4, -0.2) is 31.9 Å². The number of aromatic nitrogens is 4. The number of rotatable bonds is 6. The van der Waals surface area contributed by atoms with Gasteiger partial charge in [0.1, 0.15) is 10.0 Å². The van der Waals surface area contributed by atoms with Crippen molar-refractivity contribution < 1.29 is 0 Å². The summed E-state index contributed by atoms with van der Waals surface area (Å²) in [7, 11) is 2.09. The van der Waals surface area contributed by atoms with Crippen molar-refractivity contribution in [1.82, 2.24) is 24.9 Å². The minimum Gasteiger partial charge on any atom is -0.294 e. The number of hydrogen-bond donors (Lipinski definition) is 0. The highest BCUT2D eigenvalue weighted by Gasteiger charge is 2.10. The molecule has 0 aliphatic heterocycles. The van der Waals surface area contributed by atoms with Crippen LogP contribution in [0.2, 0.25) is 0 Å². The molecule has 2 aromatic heterocycles. The first-order chi connectivity index (χ1) is 10.8. The third-order valence-electron chi connectivity index (χ3n) is 3.43. The van der Waals surface area contributed by atoms with Crippen LogP contribution in [0.15, 0.2) is 42.6 Å². The van der Waals surface area contributed by atoms with Gasteiger partial charge >= 0.3 is 0 Å². The summed E-state index contributed by atoms with van der Waals surface area (Å²) in [5.41, 5.74) is 2.34. The van der Waals surface area contributed by atoms with Crippen molar-refractivity contribution in [3.8, 4) is 10.6 Å². The molecular formula is C16H19N5S. The monoisotopic (exact) mass is 313 g/mol. The maximum absolute atomic E-state index is 4.31. The summed E-state index contributed by atoms with van der Waals surface area (Å²) in [5, 5.41) is 14.9. The molecule has 0 amide bonds. The number of hydrogen-bond acceptors (Lipinski definition) is 5. The zero-order chi connectivity index (χ0) is 15.4. The fraction of sp³-hybridized carbons (Fsp3) is 0.312. The summed E-state index contributed by atoms with van der Waals surface area (Å²) >= 11 is 1.65. The molecule has 3 rings (SSSR count). The highest BCUT2D eigenvalue weighted by atomic mass is 32.1. The van der Waals surface area contributed by atoms with E-state index in [1.165, 1.54) is 5.69 Å². The molecule has 0 fully saturated rings. The molecule has 0 saturated carbocycles. The molecule has 0 radical (unpaired) electrons. The van der Waals surface area contributed by atoms with Gasteiger partial charge in [-0.3, -0.25) is 9.58 Å². The van der Waals surface area contributed by atoms with Crippen LogP contribution in [0.25, 0.3) is 10.6 Å². The molecular weight excluding hydrogens is 294 g/mol. The first-order valence-electron chi connectivity index (χ1n) is 7.33. The van der Waals surface area contributed by atoms with Gasteiger partial charge in [-0.1, -0.05) is 41.7 Å². The Morgan fingerprint density at radius 3 is 2.68 bits per heavy atom. The molecule has 0 spiro atoms. The Labute approximate surface area is 134 Å². The van der Waals surface area contributed by atoms with Crippen molar-refractivity contribution in [2.75, 3.05) is 7.05 Å². The molecule has 2 heterocycles. The number of benzene rings is 1. The summed E-state index contributed by atoms with van der Waals surface area (Å²) < 4.78 is 2.02. The Morgan fingerprint density at radius 2 is 1.91 bits per heavy atom. The van der Waals surface area contributed by atoms with Gasteiger partial charge in [-0.2, -0.15) is 5.10 Å². The second-order valence-electron chi connectivity index (χ2n) is 5.18. The van der Waals surface area contributed by atoms with Crippen molar-refractivity contribution in [2.45, 2.75) is 26.6 Å². The predicted octanol–water partition coefficient (Wildman–Crippen LogP) is 3.05. The molecule has 0 aliphatic rings. The summed E-state index contributed by atoms with van der Waals surface area (Å²) in [6, 6.07) is 12.2. The van der Waals surface area contributed by atoms with Crippen LogP contribution in [0.1, 0.15) is 17.6 Å². The lowest BCUT2D eigenvalue weighted by Crippen LogP contribution is -2.19. The minimum absolute atomic E-state index is 0.791. The van der Waals surface area contributed by atoms with Crippen LogP contribution in [0.4, 0.5) is 0 Å². The Hall–Kier alpha value is -2.05. The maximum atomic E-state index is 4.31. The van der Waals surface area contributed by atoms with Crippen LogP contribution >= 0.6 is 11.3 Å². The van der Waals surface area contributed by atoms with Gasteiger partial charge in [0.15, 0.2) is 0 Å². The van der Waals surface area contributed by atoms with E-state index in [1.807, 2.05) is 29.1 Å². The van der Waals surface area contributed by atoms with E-state index in [0.717, 1.165) is 35.2 Å². The average molecular weight is 313 g/mol. The lowest BCUT2D eigenvalue weighted by molar-refractivity contribution is 0.306. The molecule has 5 nitrogen and oxygen atoms in total. The van der Waals surface area contributed by atoms with Crippen molar-refractivity contribution in [3.05, 3.63) is 53.3 Å². The van der Waals surface area contributed by atoms with Gasteiger partial charge in [0.2, 0.25) is 0 Å². The molecule has 3 aromatic rings. The second-order valence-corrected chi connectivity index (χ2v) is 6.24. The zero-order valence-electron chi connectivity index (χ0n) is 12.8. The third-order valence-corrected chi connectivity index (χ3v) is 4.39. The van der Waals surface area contributed by atoms with Gasteiger partial charge in [0.25, 0.3) is 0 Å². The molecule has 0 atom stereocenters. The fourth-order valence-corrected chi connectivity index (χ4v) is 3.28. The number of aryl methyl sites for hydroxylation is 1. The van der Waals surface area contributed by atoms with Crippen molar-refractivity contribution in [3.63, 3.8) is 0 Å². The van der Waals surface area contributed by atoms with Crippen LogP contribution < -0.4 is 0 Å². The van der Waals surface area contributed by atoms with Gasteiger partial charge in [-0.25, -0.2) is 0 Å². The van der Waals surface area contributed by atoms with Gasteiger partial charge < -0.3 is 0 Å². The molecule has 1 aromatic carbocycles. The Balaban J connectivity index is 1.65. The van der Waals surface area contributed by atoms with E-state index in [4.69, 9.17) is 0 Å². The minimum atomic E-state index is 0.791. The smallest absolute Gasteiger partial charge is 0.147 e. The molecule has 0 bridgehead atoms. The molecule has 6 heteroatoms. The van der Waals surface area contributed by atoms with E-state index in [-0.39, 0.29) is 0 Å². The first kappa shape index (κ1) is 14.9. The van der Waals surface area contributed by atoms with Gasteiger partial charge in [0, 0.05) is 24.8 Å². The summed E-state index contributed by atoms with van der Waals surface area (Å²) in [4.78, 5) is 2.23. The van der Waals surface area contributed by atoms with Crippen LogP contribution in [0.5, 0.6) is 0 Å². The van der Waals surface area contributed by atoms with E-state index in [2.05, 4.69) is 52.4 Å².